The lowest BCUT2D eigenvalue weighted by Crippen LogP contribution is -3.14. The molecule has 1 aliphatic rings. The van der Waals surface area contributed by atoms with Crippen LogP contribution in [0.25, 0.3) is 0 Å². The van der Waals surface area contributed by atoms with Crippen molar-refractivity contribution in [3.63, 3.8) is 0 Å². The summed E-state index contributed by atoms with van der Waals surface area (Å²) in [5, 5.41) is 12.1. The average Bonchev–Trinajstić information content (AvgIpc) is 2.88. The molecule has 1 aromatic heterocycles. The van der Waals surface area contributed by atoms with Crippen LogP contribution in [0.2, 0.25) is 0 Å². The fourth-order valence-electron chi connectivity index (χ4n) is 2.01. The quantitative estimate of drug-likeness (QED) is 0.774. The number of amides is 1. The van der Waals surface area contributed by atoms with Gasteiger partial charge in [-0.1, -0.05) is 11.3 Å². The Hall–Kier alpha value is -1.01. The van der Waals surface area contributed by atoms with E-state index in [1.54, 1.807) is 0 Å². The predicted octanol–water partition coefficient (Wildman–Crippen LogP) is -0.148. The second kappa shape index (κ2) is 4.88. The van der Waals surface area contributed by atoms with E-state index in [1.165, 1.54) is 29.1 Å². The number of hydrogen-bond donors (Lipinski definition) is 2. The fraction of sp³-hybridized carbons (Fsp3) is 0.700. The topological polar surface area (TPSA) is 59.3 Å². The van der Waals surface area contributed by atoms with E-state index in [9.17, 15) is 4.79 Å². The Kier molecular flexibility index (Phi) is 3.50. The number of nitrogens with zero attached hydrogens (tertiary/aromatic N) is 2. The molecule has 2 heterocycles. The fourth-order valence-corrected chi connectivity index (χ4v) is 2.60. The summed E-state index contributed by atoms with van der Waals surface area (Å²) in [5.41, 5.74) is 0. The summed E-state index contributed by atoms with van der Waals surface area (Å²) < 4.78 is 0. The van der Waals surface area contributed by atoms with Gasteiger partial charge in [0.25, 0.3) is 5.91 Å². The molecule has 0 radical (unpaired) electrons. The molecule has 0 unspecified atom stereocenters. The van der Waals surface area contributed by atoms with Crippen LogP contribution in [0.15, 0.2) is 0 Å². The van der Waals surface area contributed by atoms with E-state index in [-0.39, 0.29) is 11.9 Å². The first-order chi connectivity index (χ1) is 7.66. The van der Waals surface area contributed by atoms with Crippen molar-refractivity contribution in [1.82, 2.24) is 10.2 Å². The molecule has 1 saturated heterocycles. The molecule has 0 aromatic carbocycles. The van der Waals surface area contributed by atoms with Crippen LogP contribution >= 0.6 is 11.3 Å². The first-order valence-electron chi connectivity index (χ1n) is 5.62. The lowest BCUT2D eigenvalue weighted by atomic mass is 10.3. The third-order valence-electron chi connectivity index (χ3n) is 3.01. The third-order valence-corrected chi connectivity index (χ3v) is 3.76. The minimum atomic E-state index is 0.00621. The van der Waals surface area contributed by atoms with Gasteiger partial charge >= 0.3 is 0 Å². The van der Waals surface area contributed by atoms with Gasteiger partial charge in [0.05, 0.1) is 13.1 Å². The number of hydrogen-bond acceptors (Lipinski definition) is 4. The highest BCUT2D eigenvalue weighted by Crippen LogP contribution is 2.13. The minimum absolute atomic E-state index is 0.00621. The second-order valence-electron chi connectivity index (χ2n) is 4.20. The molecule has 0 bridgehead atoms. The van der Waals surface area contributed by atoms with Gasteiger partial charge in [-0.05, 0) is 13.8 Å². The molecule has 2 N–H and O–H groups in total. The number of rotatable bonds is 3. The lowest BCUT2D eigenvalue weighted by molar-refractivity contribution is -0.901. The highest BCUT2D eigenvalue weighted by molar-refractivity contribution is 7.15. The summed E-state index contributed by atoms with van der Waals surface area (Å²) in [6.07, 6.45) is 2.45. The number of nitrogens with one attached hydrogen (secondary N) is 2. The van der Waals surface area contributed by atoms with Crippen molar-refractivity contribution in [3.8, 4) is 0 Å². The maximum atomic E-state index is 11.9. The maximum Gasteiger partial charge on any atom is 0.284 e. The van der Waals surface area contributed by atoms with Crippen LogP contribution in [0, 0.1) is 6.92 Å². The van der Waals surface area contributed by atoms with Gasteiger partial charge in [-0.3, -0.25) is 10.1 Å². The Bertz CT molecular complexity index is 373. The number of carbonyl (C=O) groups excluding carboxylic acids is 1. The molecular formula is C10H17N4OS+. The number of aromatic nitrogens is 2. The van der Waals surface area contributed by atoms with Gasteiger partial charge < -0.3 is 4.90 Å². The molecule has 1 amide bonds. The number of anilines is 1. The van der Waals surface area contributed by atoms with Crippen LogP contribution in [-0.2, 0) is 4.79 Å². The van der Waals surface area contributed by atoms with Crippen molar-refractivity contribution in [3.05, 3.63) is 5.01 Å². The molecule has 1 aliphatic heterocycles. The molecule has 5 nitrogen and oxygen atoms in total. The third kappa shape index (κ3) is 2.56. The van der Waals surface area contributed by atoms with Gasteiger partial charge in [0.1, 0.15) is 5.01 Å². The van der Waals surface area contributed by atoms with Crippen molar-refractivity contribution in [2.75, 3.05) is 18.4 Å². The van der Waals surface area contributed by atoms with Crippen LogP contribution in [0.4, 0.5) is 5.13 Å². The van der Waals surface area contributed by atoms with Gasteiger partial charge in [-0.15, -0.1) is 10.2 Å². The molecule has 16 heavy (non-hydrogen) atoms. The summed E-state index contributed by atoms with van der Waals surface area (Å²) in [5.74, 6) is 0.0491. The summed E-state index contributed by atoms with van der Waals surface area (Å²) in [6, 6.07) is 0.00621. The largest absolute Gasteiger partial charge is 0.325 e. The highest BCUT2D eigenvalue weighted by atomic mass is 32.1. The Morgan fingerprint density at radius 3 is 2.69 bits per heavy atom. The molecule has 0 spiro atoms. The van der Waals surface area contributed by atoms with Crippen molar-refractivity contribution in [2.24, 2.45) is 0 Å². The van der Waals surface area contributed by atoms with E-state index in [1.807, 2.05) is 13.8 Å². The lowest BCUT2D eigenvalue weighted by Gasteiger charge is -2.19. The van der Waals surface area contributed by atoms with Gasteiger partial charge in [-0.25, -0.2) is 0 Å². The normalized spacial score (nSPS) is 18.6. The van der Waals surface area contributed by atoms with E-state index < -0.39 is 0 Å². The molecule has 1 aromatic rings. The Balaban J connectivity index is 1.92. The zero-order chi connectivity index (χ0) is 11.5. The predicted molar refractivity (Wildman–Crippen MR) is 62.7 cm³/mol. The van der Waals surface area contributed by atoms with Crippen LogP contribution in [0.3, 0.4) is 0 Å². The number of carbonyl (C=O) groups is 1. The second-order valence-corrected chi connectivity index (χ2v) is 5.38. The molecule has 2 rings (SSSR count). The first-order valence-corrected chi connectivity index (χ1v) is 6.44. The SMILES string of the molecule is Cc1nnc(NC(=O)[C@H](C)[NH+]2CCCC2)s1. The standard InChI is InChI=1S/C10H16N4OS/c1-7(14-5-3-4-6-14)9(15)11-10-13-12-8(2)16-10/h7H,3-6H2,1-2H3,(H,11,13,15)/p+1/t7-/m0/s1. The van der Waals surface area contributed by atoms with E-state index >= 15 is 0 Å². The smallest absolute Gasteiger partial charge is 0.284 e. The van der Waals surface area contributed by atoms with Crippen LogP contribution in [-0.4, -0.2) is 35.2 Å². The average molecular weight is 241 g/mol. The van der Waals surface area contributed by atoms with Gasteiger partial charge in [0.2, 0.25) is 5.13 Å². The number of likely N-dealkylation sites (tertiary alicyclic amines) is 1. The molecule has 1 atom stereocenters. The van der Waals surface area contributed by atoms with E-state index in [0.717, 1.165) is 18.1 Å². The van der Waals surface area contributed by atoms with Crippen molar-refractivity contribution < 1.29 is 9.69 Å². The zero-order valence-corrected chi connectivity index (χ0v) is 10.4. The summed E-state index contributed by atoms with van der Waals surface area (Å²) >= 11 is 1.41. The van der Waals surface area contributed by atoms with Crippen LogP contribution in [0.5, 0.6) is 0 Å². The Labute approximate surface area is 98.9 Å². The highest BCUT2D eigenvalue weighted by Gasteiger charge is 2.28. The molecule has 0 saturated carbocycles. The van der Waals surface area contributed by atoms with Crippen molar-refractivity contribution >= 4 is 22.4 Å². The molecule has 0 aliphatic carbocycles. The monoisotopic (exact) mass is 241 g/mol. The molecule has 88 valence electrons. The zero-order valence-electron chi connectivity index (χ0n) is 9.62. The van der Waals surface area contributed by atoms with Crippen molar-refractivity contribution in [2.45, 2.75) is 32.7 Å². The van der Waals surface area contributed by atoms with E-state index in [2.05, 4.69) is 15.5 Å². The van der Waals surface area contributed by atoms with E-state index in [4.69, 9.17) is 0 Å². The Morgan fingerprint density at radius 2 is 2.12 bits per heavy atom. The number of aryl methyl sites for hydroxylation is 1. The molecule has 1 fully saturated rings. The minimum Gasteiger partial charge on any atom is -0.325 e. The summed E-state index contributed by atoms with van der Waals surface area (Å²) in [4.78, 5) is 13.3. The molecular weight excluding hydrogens is 224 g/mol. The summed E-state index contributed by atoms with van der Waals surface area (Å²) in [7, 11) is 0. The first kappa shape index (κ1) is 11.5. The van der Waals surface area contributed by atoms with E-state index in [0.29, 0.717) is 5.13 Å². The van der Waals surface area contributed by atoms with Gasteiger partial charge in [0.15, 0.2) is 6.04 Å². The Morgan fingerprint density at radius 1 is 1.44 bits per heavy atom. The number of quaternary nitrogens is 1. The van der Waals surface area contributed by atoms with Gasteiger partial charge in [-0.2, -0.15) is 0 Å². The molecule has 6 heteroatoms. The van der Waals surface area contributed by atoms with Crippen LogP contribution < -0.4 is 10.2 Å². The van der Waals surface area contributed by atoms with Crippen LogP contribution in [0.1, 0.15) is 24.8 Å². The van der Waals surface area contributed by atoms with Gasteiger partial charge in [0, 0.05) is 12.8 Å². The van der Waals surface area contributed by atoms with Crippen molar-refractivity contribution in [1.29, 1.82) is 0 Å². The summed E-state index contributed by atoms with van der Waals surface area (Å²) in [6.45, 7) is 6.06. The maximum absolute atomic E-state index is 11.9.